The molecule has 2 nitrogen and oxygen atoms in total. The van der Waals surface area contributed by atoms with Crippen molar-refractivity contribution in [2.75, 3.05) is 0 Å². The molecule has 0 saturated heterocycles. The van der Waals surface area contributed by atoms with Gasteiger partial charge in [-0.3, -0.25) is 0 Å². The third kappa shape index (κ3) is 9.36. The molecule has 0 amide bonds. The van der Waals surface area contributed by atoms with E-state index in [1.807, 2.05) is 36.4 Å². The van der Waals surface area contributed by atoms with Crippen molar-refractivity contribution in [3.05, 3.63) is 36.4 Å². The first-order valence-electron chi connectivity index (χ1n) is 3.63. The van der Waals surface area contributed by atoms with Gasteiger partial charge in [-0.1, -0.05) is 43.3 Å². The summed E-state index contributed by atoms with van der Waals surface area (Å²) in [5, 5.41) is 0. The minimum Gasteiger partial charge on any atom is -0.413 e. The Bertz CT molecular complexity index is 127. The molecule has 3 heteroatoms. The number of hydrogen-bond donors (Lipinski definition) is 2. The van der Waals surface area contributed by atoms with Crippen molar-refractivity contribution in [3.63, 3.8) is 0 Å². The van der Waals surface area contributed by atoms with Crippen LogP contribution < -0.4 is 0 Å². The van der Waals surface area contributed by atoms with E-state index in [0.29, 0.717) is 6.04 Å². The molecule has 1 aromatic rings. The van der Waals surface area contributed by atoms with E-state index in [0.717, 1.165) is 0 Å². The second-order valence-corrected chi connectivity index (χ2v) is 3.82. The maximum atomic E-state index is 8.06. The Labute approximate surface area is 69.0 Å². The van der Waals surface area contributed by atoms with Crippen LogP contribution in [0.3, 0.4) is 0 Å². The smallest absolute Gasteiger partial charge is 0.315 e. The van der Waals surface area contributed by atoms with Crippen molar-refractivity contribution < 1.29 is 9.59 Å². The van der Waals surface area contributed by atoms with Crippen LogP contribution in [0.4, 0.5) is 0 Å². The van der Waals surface area contributed by atoms with Crippen LogP contribution in [0, 0.1) is 0 Å². The van der Waals surface area contributed by atoms with E-state index in [-0.39, 0.29) is 0 Å². The molecule has 0 bridgehead atoms. The van der Waals surface area contributed by atoms with E-state index < -0.39 is 9.28 Å². The molecular formula is C8H14O2Si. The molecule has 2 N–H and O–H groups in total. The van der Waals surface area contributed by atoms with Gasteiger partial charge in [0.25, 0.3) is 0 Å². The molecule has 0 fully saturated rings. The molecule has 1 rings (SSSR count). The molecule has 0 radical (unpaired) electrons. The number of benzene rings is 1. The molecule has 62 valence electrons. The first kappa shape index (κ1) is 10.4. The predicted octanol–water partition coefficient (Wildman–Crippen LogP) is 0.898. The third-order valence-corrected chi connectivity index (χ3v) is 1.76. The van der Waals surface area contributed by atoms with Gasteiger partial charge in [-0.2, -0.15) is 0 Å². The van der Waals surface area contributed by atoms with Gasteiger partial charge >= 0.3 is 9.28 Å². The molecule has 0 saturated carbocycles. The lowest BCUT2D eigenvalue weighted by Gasteiger charge is -1.85. The van der Waals surface area contributed by atoms with E-state index in [2.05, 4.69) is 0 Å². The largest absolute Gasteiger partial charge is 0.413 e. The van der Waals surface area contributed by atoms with Crippen LogP contribution in [0.15, 0.2) is 36.4 Å². The van der Waals surface area contributed by atoms with Crippen LogP contribution in [-0.2, 0) is 0 Å². The van der Waals surface area contributed by atoms with Crippen LogP contribution in [0.5, 0.6) is 0 Å². The van der Waals surface area contributed by atoms with Crippen molar-refractivity contribution in [1.82, 2.24) is 0 Å². The van der Waals surface area contributed by atoms with Crippen LogP contribution in [-0.4, -0.2) is 18.9 Å². The van der Waals surface area contributed by atoms with Gasteiger partial charge in [0.1, 0.15) is 0 Å². The van der Waals surface area contributed by atoms with Gasteiger partial charge in [0.05, 0.1) is 0 Å². The fraction of sp³-hybridized carbons (Fsp3) is 0.250. The molecule has 0 aliphatic heterocycles. The molecule has 0 aliphatic rings. The van der Waals surface area contributed by atoms with E-state index in [1.165, 1.54) is 0 Å². The van der Waals surface area contributed by atoms with E-state index in [9.17, 15) is 0 Å². The molecule has 0 atom stereocenters. The standard InChI is InChI=1S/C6H6.C2H8O2Si/c1-2-4-6-5-3-1;1-2-5(3)4/h1-6H;3-5H,2H2,1H3. The second kappa shape index (κ2) is 7.46. The van der Waals surface area contributed by atoms with Crippen molar-refractivity contribution in [3.8, 4) is 0 Å². The number of hydrogen-bond acceptors (Lipinski definition) is 2. The number of rotatable bonds is 1. The summed E-state index contributed by atoms with van der Waals surface area (Å²) >= 11 is 0. The normalized spacial score (nSPS) is 8.73. The molecule has 0 heterocycles. The van der Waals surface area contributed by atoms with Crippen molar-refractivity contribution >= 4 is 9.28 Å². The maximum absolute atomic E-state index is 8.06. The van der Waals surface area contributed by atoms with Crippen LogP contribution in [0.2, 0.25) is 6.04 Å². The molecule has 0 aromatic heterocycles. The minimum absolute atomic E-state index is 0.556. The van der Waals surface area contributed by atoms with Gasteiger partial charge < -0.3 is 9.59 Å². The maximum Gasteiger partial charge on any atom is 0.315 e. The summed E-state index contributed by atoms with van der Waals surface area (Å²) in [6.45, 7) is 1.76. The SMILES string of the molecule is CC[SiH](O)O.c1ccccc1. The van der Waals surface area contributed by atoms with Gasteiger partial charge in [-0.15, -0.1) is 0 Å². The lowest BCUT2D eigenvalue weighted by atomic mass is 10.4. The zero-order chi connectivity index (χ0) is 8.53. The highest BCUT2D eigenvalue weighted by Crippen LogP contribution is 1.79. The first-order valence-corrected chi connectivity index (χ1v) is 5.48. The minimum atomic E-state index is -2.15. The van der Waals surface area contributed by atoms with Gasteiger partial charge in [0.2, 0.25) is 0 Å². The van der Waals surface area contributed by atoms with E-state index >= 15 is 0 Å². The second-order valence-electron chi connectivity index (χ2n) is 2.04. The zero-order valence-electron chi connectivity index (χ0n) is 6.64. The molecule has 0 spiro atoms. The summed E-state index contributed by atoms with van der Waals surface area (Å²) in [5.74, 6) is 0. The predicted molar refractivity (Wildman–Crippen MR) is 48.5 cm³/mol. The Morgan fingerprint density at radius 3 is 1.18 bits per heavy atom. The van der Waals surface area contributed by atoms with Crippen LogP contribution >= 0.6 is 0 Å². The summed E-state index contributed by atoms with van der Waals surface area (Å²) in [7, 11) is -2.15. The highest BCUT2D eigenvalue weighted by atomic mass is 28.3. The topological polar surface area (TPSA) is 40.5 Å². The monoisotopic (exact) mass is 170 g/mol. The lowest BCUT2D eigenvalue weighted by Crippen LogP contribution is -2.06. The molecule has 1 aromatic carbocycles. The third-order valence-electron chi connectivity index (χ3n) is 1.03. The Morgan fingerprint density at radius 2 is 1.09 bits per heavy atom. The molecule has 11 heavy (non-hydrogen) atoms. The van der Waals surface area contributed by atoms with E-state index in [4.69, 9.17) is 9.59 Å². The van der Waals surface area contributed by atoms with Gasteiger partial charge in [0, 0.05) is 0 Å². The Balaban J connectivity index is 0.000000187. The first-order chi connectivity index (χ1) is 5.27. The quantitative estimate of drug-likeness (QED) is 0.615. The summed E-state index contributed by atoms with van der Waals surface area (Å²) < 4.78 is 0. The summed E-state index contributed by atoms with van der Waals surface area (Å²) in [5.41, 5.74) is 0. The zero-order valence-corrected chi connectivity index (χ0v) is 7.80. The highest BCUT2D eigenvalue weighted by Gasteiger charge is 1.90. The van der Waals surface area contributed by atoms with Crippen molar-refractivity contribution in [2.24, 2.45) is 0 Å². The van der Waals surface area contributed by atoms with Gasteiger partial charge in [0.15, 0.2) is 0 Å². The van der Waals surface area contributed by atoms with Crippen LogP contribution in [0.25, 0.3) is 0 Å². The average molecular weight is 170 g/mol. The molecule has 0 unspecified atom stereocenters. The molecular weight excluding hydrogens is 156 g/mol. The van der Waals surface area contributed by atoms with Crippen molar-refractivity contribution in [2.45, 2.75) is 13.0 Å². The summed E-state index contributed by atoms with van der Waals surface area (Å²) in [4.78, 5) is 16.1. The fourth-order valence-electron chi connectivity index (χ4n) is 0.385. The van der Waals surface area contributed by atoms with Crippen LogP contribution in [0.1, 0.15) is 6.92 Å². The fourth-order valence-corrected chi connectivity index (χ4v) is 0.385. The van der Waals surface area contributed by atoms with E-state index in [1.54, 1.807) is 6.92 Å². The summed E-state index contributed by atoms with van der Waals surface area (Å²) in [6.07, 6.45) is 0. The van der Waals surface area contributed by atoms with Crippen molar-refractivity contribution in [1.29, 1.82) is 0 Å². The van der Waals surface area contributed by atoms with Gasteiger partial charge in [-0.25, -0.2) is 0 Å². The average Bonchev–Trinajstić information content (AvgIpc) is 2.09. The molecule has 0 aliphatic carbocycles. The Kier molecular flexibility index (Phi) is 7.03. The Hall–Kier alpha value is -0.643. The summed E-state index contributed by atoms with van der Waals surface area (Å²) in [6, 6.07) is 12.6. The van der Waals surface area contributed by atoms with Gasteiger partial charge in [-0.05, 0) is 6.04 Å². The lowest BCUT2D eigenvalue weighted by molar-refractivity contribution is 0.408. The highest BCUT2D eigenvalue weighted by molar-refractivity contribution is 6.40. The Morgan fingerprint density at radius 1 is 0.909 bits per heavy atom.